The van der Waals surface area contributed by atoms with E-state index < -0.39 is 0 Å². The van der Waals surface area contributed by atoms with Gasteiger partial charge in [0.1, 0.15) is 0 Å². The molecule has 0 aromatic heterocycles. The highest BCUT2D eigenvalue weighted by molar-refractivity contribution is 5.47. The maximum absolute atomic E-state index is 4.07. The fourth-order valence-electron chi connectivity index (χ4n) is 10.4. The summed E-state index contributed by atoms with van der Waals surface area (Å²) in [4.78, 5) is 0. The predicted octanol–water partition coefficient (Wildman–Crippen LogP) is 11.9. The van der Waals surface area contributed by atoms with Gasteiger partial charge in [0.05, 0.1) is 0 Å². The number of hydrogen-bond acceptors (Lipinski definition) is 0. The maximum Gasteiger partial charge on any atom is 0.0270 e. The molecule has 2 saturated carbocycles. The van der Waals surface area contributed by atoms with Gasteiger partial charge in [-0.1, -0.05) is 143 Å². The molecule has 6 rings (SSSR count). The summed E-state index contributed by atoms with van der Waals surface area (Å²) in [5.74, 6) is 4.58. The molecule has 0 amide bonds. The van der Waals surface area contributed by atoms with Gasteiger partial charge in [-0.05, 0) is 115 Å². The second-order valence-corrected chi connectivity index (χ2v) is 15.4. The van der Waals surface area contributed by atoms with Crippen LogP contribution in [-0.4, -0.2) is 0 Å². The first-order valence-corrected chi connectivity index (χ1v) is 17.8. The molecule has 0 bridgehead atoms. The van der Waals surface area contributed by atoms with Crippen molar-refractivity contribution in [2.75, 3.05) is 0 Å². The van der Waals surface area contributed by atoms with Crippen molar-refractivity contribution in [2.24, 2.45) is 52.8 Å². The summed E-state index contributed by atoms with van der Waals surface area (Å²) < 4.78 is 0. The van der Waals surface area contributed by atoms with Gasteiger partial charge in [0.15, 0.2) is 0 Å². The summed E-state index contributed by atoms with van der Waals surface area (Å²) in [7, 11) is 0. The maximum atomic E-state index is 4.07. The molecule has 0 radical (unpaired) electrons. The lowest BCUT2D eigenvalue weighted by molar-refractivity contribution is 0.138. The van der Waals surface area contributed by atoms with Gasteiger partial charge in [0.25, 0.3) is 0 Å². The van der Waals surface area contributed by atoms with Crippen LogP contribution < -0.4 is 0 Å². The molecule has 0 spiro atoms. The van der Waals surface area contributed by atoms with E-state index in [1.807, 2.05) is 0 Å². The second-order valence-electron chi connectivity index (χ2n) is 15.4. The molecule has 8 unspecified atom stereocenters. The summed E-state index contributed by atoms with van der Waals surface area (Å²) in [6.07, 6.45) is 26.5. The third-order valence-electron chi connectivity index (χ3n) is 12.6. The molecular weight excluding hydrogens is 528 g/mol. The van der Waals surface area contributed by atoms with Crippen molar-refractivity contribution < 1.29 is 0 Å². The minimum absolute atomic E-state index is 0.0587. The number of allylic oxidation sites excluding steroid dienone is 9. The van der Waals surface area contributed by atoms with Gasteiger partial charge in [-0.15, -0.1) is 6.58 Å². The zero-order valence-electron chi connectivity index (χ0n) is 28.1. The third kappa shape index (κ3) is 5.46. The van der Waals surface area contributed by atoms with E-state index in [-0.39, 0.29) is 5.41 Å². The molecule has 2 aromatic rings. The van der Waals surface area contributed by atoms with Crippen LogP contribution >= 0.6 is 0 Å². The van der Waals surface area contributed by atoms with Gasteiger partial charge >= 0.3 is 0 Å². The Morgan fingerprint density at radius 1 is 0.818 bits per heavy atom. The minimum Gasteiger partial charge on any atom is -0.103 e. The fourth-order valence-corrected chi connectivity index (χ4v) is 10.4. The normalized spacial score (nSPS) is 30.3. The lowest BCUT2D eigenvalue weighted by Gasteiger charge is -2.50. The molecule has 0 heteroatoms. The van der Waals surface area contributed by atoms with Crippen LogP contribution in [0.2, 0.25) is 0 Å². The molecule has 2 fully saturated rings. The van der Waals surface area contributed by atoms with Crippen LogP contribution in [0.3, 0.4) is 0 Å². The summed E-state index contributed by atoms with van der Waals surface area (Å²) in [6.45, 7) is 16.2. The van der Waals surface area contributed by atoms with E-state index in [1.54, 1.807) is 5.57 Å². The number of benzene rings is 2. The molecule has 44 heavy (non-hydrogen) atoms. The first-order valence-electron chi connectivity index (χ1n) is 17.8. The average Bonchev–Trinajstić information content (AvgIpc) is 3.66. The van der Waals surface area contributed by atoms with Crippen molar-refractivity contribution in [3.8, 4) is 0 Å². The molecular formula is C44H56. The molecule has 0 aliphatic heterocycles. The molecule has 8 atom stereocenters. The van der Waals surface area contributed by atoms with Crippen molar-refractivity contribution in [3.05, 3.63) is 132 Å². The zero-order chi connectivity index (χ0) is 30.9. The lowest BCUT2D eigenvalue weighted by atomic mass is 9.52. The number of rotatable bonds is 11. The standard InChI is InChI=1S/C44H56/c1-7-9-27-43(5,6)36-23-24-37(30-36)44(34-17-12-10-13-18-34,35-19-14-11-15-20-35)42-40-28-31(3)21-25-38(40)39-26-22-33(29-41(39)42)32(4)16-8-2/h7,10-15,17-22,25-26,28-29,32,36-42H,1,8-9,16,23-24,27,30H2,2-6H3. The first kappa shape index (κ1) is 31.1. The Labute approximate surface area is 269 Å². The second kappa shape index (κ2) is 12.9. The fraction of sp³-hybridized carbons (Fsp3) is 0.500. The van der Waals surface area contributed by atoms with Gasteiger partial charge in [-0.25, -0.2) is 0 Å². The summed E-state index contributed by atoms with van der Waals surface area (Å²) in [5.41, 5.74) is 6.35. The van der Waals surface area contributed by atoms with Crippen LogP contribution in [0.4, 0.5) is 0 Å². The summed E-state index contributed by atoms with van der Waals surface area (Å²) in [6, 6.07) is 23.6. The van der Waals surface area contributed by atoms with Crippen LogP contribution in [-0.2, 0) is 5.41 Å². The van der Waals surface area contributed by atoms with E-state index >= 15 is 0 Å². The highest BCUT2D eigenvalue weighted by Crippen LogP contribution is 2.65. The highest BCUT2D eigenvalue weighted by Gasteiger charge is 2.61. The molecule has 4 aliphatic carbocycles. The van der Waals surface area contributed by atoms with E-state index in [4.69, 9.17) is 0 Å². The van der Waals surface area contributed by atoms with Crippen LogP contribution in [0.25, 0.3) is 0 Å². The van der Waals surface area contributed by atoms with Crippen molar-refractivity contribution >= 4 is 0 Å². The van der Waals surface area contributed by atoms with Gasteiger partial charge in [0.2, 0.25) is 0 Å². The zero-order valence-corrected chi connectivity index (χ0v) is 28.1. The number of hydrogen-bond donors (Lipinski definition) is 0. The average molecular weight is 585 g/mol. The van der Waals surface area contributed by atoms with Crippen LogP contribution in [0.5, 0.6) is 0 Å². The molecule has 0 heterocycles. The SMILES string of the molecule is C=CCCC(C)(C)C1CCC(C(c2ccccc2)(c2ccccc2)C2C3C=C(C)C=CC3C3C=CC(C(C)CCC)=CC32)C1. The Kier molecular flexibility index (Phi) is 9.10. The van der Waals surface area contributed by atoms with E-state index in [1.165, 1.54) is 55.2 Å². The summed E-state index contributed by atoms with van der Waals surface area (Å²) in [5, 5.41) is 0. The van der Waals surface area contributed by atoms with Crippen molar-refractivity contribution in [1.29, 1.82) is 0 Å². The van der Waals surface area contributed by atoms with Gasteiger partial charge in [-0.2, -0.15) is 0 Å². The van der Waals surface area contributed by atoms with E-state index in [9.17, 15) is 0 Å². The third-order valence-corrected chi connectivity index (χ3v) is 12.6. The quantitative estimate of drug-likeness (QED) is 0.230. The van der Waals surface area contributed by atoms with Gasteiger partial charge in [-0.3, -0.25) is 0 Å². The smallest absolute Gasteiger partial charge is 0.0270 e. The predicted molar refractivity (Wildman–Crippen MR) is 189 cm³/mol. The van der Waals surface area contributed by atoms with Crippen LogP contribution in [0, 0.1) is 52.8 Å². The Morgan fingerprint density at radius 3 is 2.02 bits per heavy atom. The van der Waals surface area contributed by atoms with E-state index in [2.05, 4.69) is 144 Å². The monoisotopic (exact) mass is 584 g/mol. The summed E-state index contributed by atoms with van der Waals surface area (Å²) >= 11 is 0. The van der Waals surface area contributed by atoms with Crippen molar-refractivity contribution in [1.82, 2.24) is 0 Å². The van der Waals surface area contributed by atoms with E-state index in [0.717, 1.165) is 12.3 Å². The topological polar surface area (TPSA) is 0 Å². The minimum atomic E-state index is -0.0587. The molecule has 0 N–H and O–H groups in total. The molecule has 4 aliphatic rings. The Balaban J connectivity index is 1.57. The highest BCUT2D eigenvalue weighted by atomic mass is 14.6. The van der Waals surface area contributed by atoms with Crippen LogP contribution in [0.1, 0.15) is 90.7 Å². The molecule has 0 saturated heterocycles. The van der Waals surface area contributed by atoms with Crippen molar-refractivity contribution in [2.45, 2.75) is 85.0 Å². The Bertz CT molecular complexity index is 1360. The Morgan fingerprint density at radius 2 is 1.41 bits per heavy atom. The van der Waals surface area contributed by atoms with Crippen LogP contribution in [0.15, 0.2) is 121 Å². The number of fused-ring (bicyclic) bond motifs is 3. The molecule has 2 aromatic carbocycles. The molecule has 0 nitrogen and oxygen atoms in total. The van der Waals surface area contributed by atoms with E-state index in [0.29, 0.717) is 46.8 Å². The van der Waals surface area contributed by atoms with Gasteiger partial charge < -0.3 is 0 Å². The molecule has 232 valence electrons. The van der Waals surface area contributed by atoms with Gasteiger partial charge in [0, 0.05) is 5.41 Å². The largest absolute Gasteiger partial charge is 0.103 e. The Hall–Kier alpha value is -2.86. The first-order chi connectivity index (χ1) is 21.3. The van der Waals surface area contributed by atoms with Crippen molar-refractivity contribution in [3.63, 3.8) is 0 Å². The lowest BCUT2D eigenvalue weighted by Crippen LogP contribution is -2.47.